The number of benzene rings is 2. The van der Waals surface area contributed by atoms with E-state index in [0.717, 1.165) is 23.8 Å². The third-order valence-corrected chi connectivity index (χ3v) is 6.46. The Morgan fingerprint density at radius 1 is 1.10 bits per heavy atom. The molecule has 0 spiro atoms. The minimum Gasteiger partial charge on any atom is -0.381 e. The monoisotopic (exact) mass is 413 g/mol. The normalized spacial score (nSPS) is 15.5. The lowest BCUT2D eigenvalue weighted by Crippen LogP contribution is -2.31. The smallest absolute Gasteiger partial charge is 0.274 e. The van der Waals surface area contributed by atoms with Crippen LogP contribution in [0.4, 0.5) is 5.69 Å². The molecule has 1 aliphatic heterocycles. The van der Waals surface area contributed by atoms with E-state index >= 15 is 0 Å². The van der Waals surface area contributed by atoms with Gasteiger partial charge in [-0.1, -0.05) is 30.3 Å². The summed E-state index contributed by atoms with van der Waals surface area (Å²) < 4.78 is 33.5. The average molecular weight is 413 g/mol. The van der Waals surface area contributed by atoms with Crippen molar-refractivity contribution in [1.29, 1.82) is 0 Å². The van der Waals surface area contributed by atoms with Crippen molar-refractivity contribution in [1.82, 2.24) is 9.78 Å². The van der Waals surface area contributed by atoms with E-state index in [1.165, 1.54) is 0 Å². The van der Waals surface area contributed by atoms with E-state index in [4.69, 9.17) is 9.84 Å². The fourth-order valence-corrected chi connectivity index (χ4v) is 4.21. The Bertz CT molecular complexity index is 1200. The number of hydrogen-bond donors (Lipinski definition) is 1. The Balaban J connectivity index is 1.87. The molecule has 7 nitrogen and oxygen atoms in total. The lowest BCUT2D eigenvalue weighted by Gasteiger charge is -2.24. The van der Waals surface area contributed by atoms with Crippen molar-refractivity contribution in [3.63, 3.8) is 0 Å². The zero-order chi connectivity index (χ0) is 20.4. The summed E-state index contributed by atoms with van der Waals surface area (Å²) in [6.07, 6.45) is 1.47. The Hall–Kier alpha value is -2.71. The maximum Gasteiger partial charge on any atom is 0.274 e. The first-order chi connectivity index (χ1) is 14.0. The van der Waals surface area contributed by atoms with Crippen LogP contribution in [0.5, 0.6) is 0 Å². The van der Waals surface area contributed by atoms with Crippen molar-refractivity contribution in [2.45, 2.75) is 25.8 Å². The molecule has 0 aliphatic carbocycles. The molecule has 29 heavy (non-hydrogen) atoms. The molecular weight excluding hydrogens is 390 g/mol. The van der Waals surface area contributed by atoms with Crippen LogP contribution in [-0.2, 0) is 14.8 Å². The van der Waals surface area contributed by atoms with E-state index in [9.17, 15) is 13.2 Å². The van der Waals surface area contributed by atoms with Gasteiger partial charge in [-0.2, -0.15) is 5.10 Å². The van der Waals surface area contributed by atoms with Gasteiger partial charge in [0.15, 0.2) is 0 Å². The van der Waals surface area contributed by atoms with Crippen LogP contribution in [0, 0.1) is 0 Å². The van der Waals surface area contributed by atoms with Gasteiger partial charge >= 0.3 is 0 Å². The first kappa shape index (κ1) is 19.6. The molecule has 1 fully saturated rings. The van der Waals surface area contributed by atoms with Gasteiger partial charge in [0.2, 0.25) is 10.0 Å². The van der Waals surface area contributed by atoms with E-state index in [1.807, 2.05) is 30.3 Å². The maximum absolute atomic E-state index is 13.1. The predicted molar refractivity (Wildman–Crippen MR) is 114 cm³/mol. The molecule has 152 valence electrons. The molecule has 0 atom stereocenters. The van der Waals surface area contributed by atoms with Crippen LogP contribution in [0.2, 0.25) is 0 Å². The molecule has 0 amide bonds. The largest absolute Gasteiger partial charge is 0.381 e. The van der Waals surface area contributed by atoms with Crippen molar-refractivity contribution in [3.05, 3.63) is 58.9 Å². The van der Waals surface area contributed by atoms with Crippen LogP contribution < -0.4 is 10.3 Å². The number of aromatic nitrogens is 2. The van der Waals surface area contributed by atoms with Crippen LogP contribution >= 0.6 is 0 Å². The topological polar surface area (TPSA) is 90.3 Å². The van der Waals surface area contributed by atoms with Gasteiger partial charge in [0.1, 0.15) is 0 Å². The summed E-state index contributed by atoms with van der Waals surface area (Å²) in [5, 5.41) is 6.07. The van der Waals surface area contributed by atoms with Gasteiger partial charge in [0, 0.05) is 29.9 Å². The molecule has 8 heteroatoms. The van der Waals surface area contributed by atoms with E-state index in [2.05, 4.69) is 4.72 Å². The van der Waals surface area contributed by atoms with Gasteiger partial charge < -0.3 is 4.74 Å². The first-order valence-corrected chi connectivity index (χ1v) is 11.3. The highest BCUT2D eigenvalue weighted by Gasteiger charge is 2.21. The van der Waals surface area contributed by atoms with Crippen molar-refractivity contribution >= 4 is 26.5 Å². The minimum atomic E-state index is -3.39. The van der Waals surface area contributed by atoms with Gasteiger partial charge in [-0.25, -0.2) is 13.1 Å². The van der Waals surface area contributed by atoms with Gasteiger partial charge in [-0.3, -0.25) is 9.52 Å². The Morgan fingerprint density at radius 3 is 2.55 bits per heavy atom. The Kier molecular flexibility index (Phi) is 5.38. The highest BCUT2D eigenvalue weighted by Crippen LogP contribution is 2.29. The second-order valence-electron chi connectivity index (χ2n) is 7.07. The zero-order valence-electron chi connectivity index (χ0n) is 16.2. The Labute approximate surface area is 169 Å². The number of nitrogens with zero attached hydrogens (tertiary/aromatic N) is 2. The van der Waals surface area contributed by atoms with Crippen molar-refractivity contribution in [2.75, 3.05) is 23.7 Å². The van der Waals surface area contributed by atoms with Crippen molar-refractivity contribution in [3.8, 4) is 11.3 Å². The van der Waals surface area contributed by atoms with E-state index in [-0.39, 0.29) is 17.4 Å². The van der Waals surface area contributed by atoms with Crippen molar-refractivity contribution < 1.29 is 13.2 Å². The minimum absolute atomic E-state index is 0.00691. The second kappa shape index (κ2) is 7.96. The second-order valence-corrected chi connectivity index (χ2v) is 9.08. The summed E-state index contributed by atoms with van der Waals surface area (Å²) in [7, 11) is -3.39. The van der Waals surface area contributed by atoms with E-state index in [0.29, 0.717) is 30.0 Å². The zero-order valence-corrected chi connectivity index (χ0v) is 17.0. The number of rotatable bonds is 5. The standard InChI is InChI=1S/C21H23N3O4S/c1-2-29(26,27)23-16-7-5-6-15(14-16)20-18-8-3-4-9-19(18)21(25)24(22-20)17-10-12-28-13-11-17/h3-9,14,17,23H,2,10-13H2,1H3. The number of anilines is 1. The van der Waals surface area contributed by atoms with E-state index < -0.39 is 10.0 Å². The molecule has 0 saturated carbocycles. The number of nitrogens with one attached hydrogen (secondary N) is 1. The molecule has 2 aromatic carbocycles. The lowest BCUT2D eigenvalue weighted by molar-refractivity contribution is 0.0651. The summed E-state index contributed by atoms with van der Waals surface area (Å²) in [4.78, 5) is 13.1. The fourth-order valence-electron chi connectivity index (χ4n) is 3.58. The molecule has 0 radical (unpaired) electrons. The molecule has 1 aliphatic rings. The summed E-state index contributed by atoms with van der Waals surface area (Å²) >= 11 is 0. The van der Waals surface area contributed by atoms with Gasteiger partial charge in [-0.15, -0.1) is 0 Å². The quantitative estimate of drug-likeness (QED) is 0.694. The number of ether oxygens (including phenoxy) is 1. The summed E-state index contributed by atoms with van der Waals surface area (Å²) in [5.74, 6) is -0.00691. The molecule has 4 rings (SSSR count). The predicted octanol–water partition coefficient (Wildman–Crippen LogP) is 3.18. The molecule has 1 N–H and O–H groups in total. The molecule has 1 aromatic heterocycles. The fraction of sp³-hybridized carbons (Fsp3) is 0.333. The van der Waals surface area contributed by atoms with Crippen molar-refractivity contribution in [2.24, 2.45) is 0 Å². The van der Waals surface area contributed by atoms with Gasteiger partial charge in [0.05, 0.1) is 22.9 Å². The average Bonchev–Trinajstić information content (AvgIpc) is 2.75. The van der Waals surface area contributed by atoms with Crippen LogP contribution in [0.1, 0.15) is 25.8 Å². The lowest BCUT2D eigenvalue weighted by atomic mass is 10.0. The van der Waals surface area contributed by atoms with Crippen LogP contribution in [-0.4, -0.2) is 37.2 Å². The molecular formula is C21H23N3O4S. The summed E-state index contributed by atoms with van der Waals surface area (Å²) in [6.45, 7) is 2.80. The molecule has 3 aromatic rings. The van der Waals surface area contributed by atoms with Gasteiger partial charge in [-0.05, 0) is 38.0 Å². The number of sulfonamides is 1. The number of fused-ring (bicyclic) bond motifs is 1. The molecule has 0 bridgehead atoms. The SMILES string of the molecule is CCS(=O)(=O)Nc1cccc(-c2nn(C3CCOCC3)c(=O)c3ccccc23)c1. The molecule has 2 heterocycles. The van der Waals surface area contributed by atoms with Crippen LogP contribution in [0.3, 0.4) is 0 Å². The molecule has 0 unspecified atom stereocenters. The van der Waals surface area contributed by atoms with E-state index in [1.54, 1.807) is 29.8 Å². The molecule has 1 saturated heterocycles. The summed E-state index contributed by atoms with van der Waals surface area (Å²) in [6, 6.07) is 14.5. The highest BCUT2D eigenvalue weighted by molar-refractivity contribution is 7.92. The number of hydrogen-bond acceptors (Lipinski definition) is 5. The summed E-state index contributed by atoms with van der Waals surface area (Å²) in [5.41, 5.74) is 1.76. The highest BCUT2D eigenvalue weighted by atomic mass is 32.2. The van der Waals surface area contributed by atoms with Gasteiger partial charge in [0.25, 0.3) is 5.56 Å². The first-order valence-electron chi connectivity index (χ1n) is 9.69. The van der Waals surface area contributed by atoms with Crippen LogP contribution in [0.15, 0.2) is 53.3 Å². The third kappa shape index (κ3) is 4.04. The Morgan fingerprint density at radius 2 is 1.83 bits per heavy atom. The van der Waals surface area contributed by atoms with Crippen LogP contribution in [0.25, 0.3) is 22.0 Å². The maximum atomic E-state index is 13.1. The third-order valence-electron chi connectivity index (χ3n) is 5.15.